The minimum absolute atomic E-state index is 0.0398. The molecule has 0 radical (unpaired) electrons. The fraction of sp³-hybridized carbons (Fsp3) is 0.545. The van der Waals surface area contributed by atoms with Crippen LogP contribution in [-0.2, 0) is 20.6 Å². The molecule has 1 saturated heterocycles. The van der Waals surface area contributed by atoms with Gasteiger partial charge in [0.1, 0.15) is 17.8 Å². The smallest absolute Gasteiger partial charge is 0.416 e. The van der Waals surface area contributed by atoms with Crippen LogP contribution in [0.5, 0.6) is 5.75 Å². The molecule has 3 amide bonds. The van der Waals surface area contributed by atoms with E-state index in [2.05, 4.69) is 16.0 Å². The first-order valence-electron chi connectivity index (χ1n) is 10.6. The summed E-state index contributed by atoms with van der Waals surface area (Å²) >= 11 is 0. The molecule has 3 atom stereocenters. The normalized spacial score (nSPS) is 17.6. The quantitative estimate of drug-likeness (QED) is 0.486. The van der Waals surface area contributed by atoms with E-state index in [1.807, 2.05) is 19.9 Å². The number of rotatable bonds is 10. The van der Waals surface area contributed by atoms with Crippen molar-refractivity contribution in [3.05, 3.63) is 29.8 Å². The van der Waals surface area contributed by atoms with Gasteiger partial charge in [0.15, 0.2) is 6.61 Å². The van der Waals surface area contributed by atoms with Crippen LogP contribution < -0.4 is 20.7 Å². The minimum atomic E-state index is -4.48. The molecular weight excluding hydrogens is 441 g/mol. The average Bonchev–Trinajstić information content (AvgIpc) is 3.14. The number of carbonyl (C=O) groups is 3. The molecule has 180 valence electrons. The number of alkyl halides is 3. The topological polar surface area (TPSA) is 120 Å². The summed E-state index contributed by atoms with van der Waals surface area (Å²) in [6.45, 7) is 3.74. The van der Waals surface area contributed by atoms with Gasteiger partial charge in [0.05, 0.1) is 11.6 Å². The zero-order chi connectivity index (χ0) is 24.6. The van der Waals surface area contributed by atoms with Crippen LogP contribution in [0.25, 0.3) is 0 Å². The summed E-state index contributed by atoms with van der Waals surface area (Å²) in [5.74, 6) is -1.60. The molecule has 1 aromatic carbocycles. The SMILES string of the molecule is CC(C)C[C@H](NC(=O)COc1ccc(C(F)(F)F)cc1)C(=O)N[C@H](C#N)C[C@@H]1CCNC1=O. The first kappa shape index (κ1) is 26.0. The van der Waals surface area contributed by atoms with Crippen molar-refractivity contribution in [2.45, 2.75) is 51.4 Å². The highest BCUT2D eigenvalue weighted by Gasteiger charge is 2.31. The van der Waals surface area contributed by atoms with Gasteiger partial charge in [0.2, 0.25) is 11.8 Å². The molecule has 0 unspecified atom stereocenters. The summed E-state index contributed by atoms with van der Waals surface area (Å²) in [5.41, 5.74) is -0.838. The van der Waals surface area contributed by atoms with Crippen LogP contribution in [0.4, 0.5) is 13.2 Å². The largest absolute Gasteiger partial charge is 0.484 e. The van der Waals surface area contributed by atoms with E-state index in [4.69, 9.17) is 4.74 Å². The van der Waals surface area contributed by atoms with E-state index in [-0.39, 0.29) is 29.9 Å². The van der Waals surface area contributed by atoms with E-state index in [1.165, 1.54) is 0 Å². The van der Waals surface area contributed by atoms with Crippen LogP contribution in [0.15, 0.2) is 24.3 Å². The molecule has 33 heavy (non-hydrogen) atoms. The van der Waals surface area contributed by atoms with Gasteiger partial charge in [-0.3, -0.25) is 14.4 Å². The highest BCUT2D eigenvalue weighted by molar-refractivity contribution is 5.88. The van der Waals surface area contributed by atoms with Gasteiger partial charge in [-0.05, 0) is 49.4 Å². The number of hydrogen-bond donors (Lipinski definition) is 3. The number of nitrogens with one attached hydrogen (secondary N) is 3. The Kier molecular flexibility index (Phi) is 9.08. The van der Waals surface area contributed by atoms with Crippen LogP contribution in [-0.4, -0.2) is 43.0 Å². The Morgan fingerprint density at radius 2 is 1.91 bits per heavy atom. The lowest BCUT2D eigenvalue weighted by Gasteiger charge is -2.22. The zero-order valence-electron chi connectivity index (χ0n) is 18.4. The Morgan fingerprint density at radius 1 is 1.24 bits per heavy atom. The van der Waals surface area contributed by atoms with Crippen LogP contribution >= 0.6 is 0 Å². The molecular formula is C22H27F3N4O4. The van der Waals surface area contributed by atoms with Crippen molar-refractivity contribution in [2.24, 2.45) is 11.8 Å². The molecule has 1 aliphatic rings. The molecule has 0 bridgehead atoms. The summed E-state index contributed by atoms with van der Waals surface area (Å²) in [6, 6.07) is 4.03. The molecule has 0 aromatic heterocycles. The number of carbonyl (C=O) groups excluding carboxylic acids is 3. The van der Waals surface area contributed by atoms with Gasteiger partial charge in [-0.25, -0.2) is 0 Å². The zero-order valence-corrected chi connectivity index (χ0v) is 18.4. The fourth-order valence-corrected chi connectivity index (χ4v) is 3.40. The number of amides is 3. The lowest BCUT2D eigenvalue weighted by atomic mass is 9.98. The standard InChI is InChI=1S/C22H27F3N4O4/c1-13(2)9-18(21(32)28-16(11-26)10-14-7-8-27-20(14)31)29-19(30)12-33-17-5-3-15(4-6-17)22(23,24)25/h3-6,13-14,16,18H,7-10,12H2,1-2H3,(H,27,31)(H,28,32)(H,29,30)/t14-,16-,18-/m0/s1. The van der Waals surface area contributed by atoms with E-state index in [1.54, 1.807) is 0 Å². The summed E-state index contributed by atoms with van der Waals surface area (Å²) in [7, 11) is 0. The number of hydrogen-bond acceptors (Lipinski definition) is 5. The van der Waals surface area contributed by atoms with Crippen molar-refractivity contribution < 1.29 is 32.3 Å². The Hall–Kier alpha value is -3.29. The van der Waals surface area contributed by atoms with Crippen LogP contribution in [0.2, 0.25) is 0 Å². The van der Waals surface area contributed by atoms with Gasteiger partial charge in [-0.1, -0.05) is 13.8 Å². The van der Waals surface area contributed by atoms with E-state index >= 15 is 0 Å². The maximum absolute atomic E-state index is 12.7. The van der Waals surface area contributed by atoms with Gasteiger partial charge in [0, 0.05) is 12.5 Å². The van der Waals surface area contributed by atoms with Crippen molar-refractivity contribution in [3.8, 4) is 11.8 Å². The molecule has 0 aliphatic carbocycles. The number of nitrogens with zero attached hydrogens (tertiary/aromatic N) is 1. The van der Waals surface area contributed by atoms with E-state index in [0.717, 1.165) is 24.3 Å². The van der Waals surface area contributed by atoms with Crippen LogP contribution in [0.1, 0.15) is 38.7 Å². The summed E-state index contributed by atoms with van der Waals surface area (Å²) in [4.78, 5) is 36.8. The molecule has 1 aromatic rings. The Bertz CT molecular complexity index is 881. The molecule has 3 N–H and O–H groups in total. The summed E-state index contributed by atoms with van der Waals surface area (Å²) in [6.07, 6.45) is -3.43. The number of ether oxygens (including phenoxy) is 1. The van der Waals surface area contributed by atoms with Gasteiger partial charge in [0.25, 0.3) is 5.91 Å². The Balaban J connectivity index is 1.92. The third-order valence-electron chi connectivity index (χ3n) is 5.07. The van der Waals surface area contributed by atoms with Gasteiger partial charge >= 0.3 is 6.18 Å². The van der Waals surface area contributed by atoms with E-state index in [0.29, 0.717) is 19.4 Å². The first-order chi connectivity index (χ1) is 15.5. The average molecular weight is 468 g/mol. The Morgan fingerprint density at radius 3 is 2.42 bits per heavy atom. The number of nitriles is 1. The van der Waals surface area contributed by atoms with Crippen molar-refractivity contribution in [3.63, 3.8) is 0 Å². The van der Waals surface area contributed by atoms with Gasteiger partial charge in [-0.2, -0.15) is 18.4 Å². The summed E-state index contributed by atoms with van der Waals surface area (Å²) in [5, 5.41) is 17.2. The fourth-order valence-electron chi connectivity index (χ4n) is 3.40. The molecule has 8 nitrogen and oxygen atoms in total. The summed E-state index contributed by atoms with van der Waals surface area (Å²) < 4.78 is 43.1. The molecule has 1 heterocycles. The van der Waals surface area contributed by atoms with Crippen molar-refractivity contribution in [1.29, 1.82) is 5.26 Å². The highest BCUT2D eigenvalue weighted by atomic mass is 19.4. The highest BCUT2D eigenvalue weighted by Crippen LogP contribution is 2.30. The maximum Gasteiger partial charge on any atom is 0.416 e. The van der Waals surface area contributed by atoms with E-state index < -0.39 is 42.2 Å². The van der Waals surface area contributed by atoms with E-state index in [9.17, 15) is 32.8 Å². The molecule has 0 spiro atoms. The second kappa shape index (κ2) is 11.5. The van der Waals surface area contributed by atoms with Crippen LogP contribution in [0.3, 0.4) is 0 Å². The molecule has 1 fully saturated rings. The number of halogens is 3. The van der Waals surface area contributed by atoms with Crippen molar-refractivity contribution in [2.75, 3.05) is 13.2 Å². The van der Waals surface area contributed by atoms with Crippen LogP contribution in [0, 0.1) is 23.2 Å². The molecule has 0 saturated carbocycles. The first-order valence-corrected chi connectivity index (χ1v) is 10.6. The second-order valence-corrected chi connectivity index (χ2v) is 8.26. The second-order valence-electron chi connectivity index (χ2n) is 8.26. The molecule has 2 rings (SSSR count). The van der Waals surface area contributed by atoms with Gasteiger partial charge < -0.3 is 20.7 Å². The third kappa shape index (κ3) is 8.29. The minimum Gasteiger partial charge on any atom is -0.484 e. The lowest BCUT2D eigenvalue weighted by Crippen LogP contribution is -2.51. The number of benzene rings is 1. The molecule has 11 heteroatoms. The molecule has 1 aliphatic heterocycles. The van der Waals surface area contributed by atoms with Crippen molar-refractivity contribution in [1.82, 2.24) is 16.0 Å². The lowest BCUT2D eigenvalue weighted by molar-refractivity contribution is -0.137. The monoisotopic (exact) mass is 468 g/mol. The Labute approximate surface area is 189 Å². The van der Waals surface area contributed by atoms with Gasteiger partial charge in [-0.15, -0.1) is 0 Å². The predicted molar refractivity (Wildman–Crippen MR) is 112 cm³/mol. The predicted octanol–water partition coefficient (Wildman–Crippen LogP) is 2.15. The third-order valence-corrected chi connectivity index (χ3v) is 5.07. The van der Waals surface area contributed by atoms with Crippen molar-refractivity contribution >= 4 is 17.7 Å². The maximum atomic E-state index is 12.7.